The van der Waals surface area contributed by atoms with Gasteiger partial charge in [0.15, 0.2) is 5.66 Å². The summed E-state index contributed by atoms with van der Waals surface area (Å²) in [4.78, 5) is 12.7. The Morgan fingerprint density at radius 1 is 1.53 bits per heavy atom. The lowest BCUT2D eigenvalue weighted by molar-refractivity contribution is -0.128. The number of carbonyl (C=O) groups is 1. The van der Waals surface area contributed by atoms with E-state index in [9.17, 15) is 15.0 Å². The third kappa shape index (κ3) is 3.13. The first kappa shape index (κ1) is 13.8. The topological polar surface area (TPSA) is 173 Å². The van der Waals surface area contributed by atoms with Gasteiger partial charge in [-0.3, -0.25) is 0 Å². The van der Waals surface area contributed by atoms with Crippen molar-refractivity contribution >= 4 is 6.29 Å². The average Bonchev–Trinajstić information content (AvgIpc) is 2.26. The van der Waals surface area contributed by atoms with E-state index >= 15 is 0 Å². The summed E-state index contributed by atoms with van der Waals surface area (Å²) < 4.78 is 0. The van der Waals surface area contributed by atoms with Crippen LogP contribution in [0.5, 0.6) is 0 Å². The molecular formula is C6H12N4O5. The fraction of sp³-hybridized carbons (Fsp3) is 0.833. The van der Waals surface area contributed by atoms with Crippen molar-refractivity contribution in [2.45, 2.75) is 24.0 Å². The van der Waals surface area contributed by atoms with Gasteiger partial charge in [0, 0.05) is 4.91 Å². The molecule has 0 aliphatic rings. The quantitative estimate of drug-likeness (QED) is 0.140. The van der Waals surface area contributed by atoms with Crippen molar-refractivity contribution in [1.29, 1.82) is 0 Å². The van der Waals surface area contributed by atoms with Crippen molar-refractivity contribution in [2.75, 3.05) is 6.61 Å². The van der Waals surface area contributed by atoms with Crippen LogP contribution in [0.2, 0.25) is 0 Å². The number of aldehydes is 1. The van der Waals surface area contributed by atoms with E-state index in [4.69, 9.17) is 21.5 Å². The smallest absolute Gasteiger partial charge is 0.180 e. The van der Waals surface area contributed by atoms with Crippen LogP contribution in [0.3, 0.4) is 0 Å². The molecule has 0 radical (unpaired) electrons. The van der Waals surface area contributed by atoms with Gasteiger partial charge in [0.2, 0.25) is 0 Å². The molecule has 0 aromatic carbocycles. The number of aliphatic hydroxyl groups excluding tert-OH is 4. The van der Waals surface area contributed by atoms with E-state index in [1.165, 1.54) is 0 Å². The van der Waals surface area contributed by atoms with Crippen molar-refractivity contribution in [3.63, 3.8) is 0 Å². The zero-order chi connectivity index (χ0) is 12.1. The minimum absolute atomic E-state index is 0.0648. The zero-order valence-corrected chi connectivity index (χ0v) is 7.63. The molecule has 0 aromatic heterocycles. The third-order valence-electron chi connectivity index (χ3n) is 1.79. The number of aliphatic hydroxyl groups is 4. The van der Waals surface area contributed by atoms with Crippen molar-refractivity contribution in [2.24, 2.45) is 10.8 Å². The number of nitrogens with zero attached hydrogens (tertiary/aromatic N) is 3. The summed E-state index contributed by atoms with van der Waals surface area (Å²) in [6.45, 7) is -0.844. The summed E-state index contributed by atoms with van der Waals surface area (Å²) in [6, 6.07) is 0. The second-order valence-corrected chi connectivity index (χ2v) is 2.88. The number of hydrogen-bond acceptors (Lipinski definition) is 7. The number of carbonyl (C=O) groups excluding carboxylic acids is 1. The predicted octanol–water partition coefficient (Wildman–Crippen LogP) is -2.77. The minimum Gasteiger partial charge on any atom is -0.394 e. The third-order valence-corrected chi connectivity index (χ3v) is 1.79. The molecule has 0 fully saturated rings. The number of nitrogens with two attached hydrogens (primary N) is 1. The molecule has 6 N–H and O–H groups in total. The molecule has 9 heteroatoms. The number of azide groups is 1. The van der Waals surface area contributed by atoms with E-state index in [0.29, 0.717) is 0 Å². The lowest BCUT2D eigenvalue weighted by Gasteiger charge is -2.29. The summed E-state index contributed by atoms with van der Waals surface area (Å²) in [5.74, 6) is 0. The van der Waals surface area contributed by atoms with Crippen molar-refractivity contribution in [3.05, 3.63) is 10.4 Å². The van der Waals surface area contributed by atoms with E-state index in [0.717, 1.165) is 0 Å². The monoisotopic (exact) mass is 220 g/mol. The first-order valence-electron chi connectivity index (χ1n) is 3.89. The molecule has 0 amide bonds. The minimum atomic E-state index is -2.38. The van der Waals surface area contributed by atoms with Crippen LogP contribution in [0.25, 0.3) is 10.4 Å². The first-order valence-corrected chi connectivity index (χ1v) is 3.89. The van der Waals surface area contributed by atoms with Crippen molar-refractivity contribution < 1.29 is 25.2 Å². The van der Waals surface area contributed by atoms with Gasteiger partial charge in [-0.05, 0) is 5.53 Å². The maximum absolute atomic E-state index is 10.5. The van der Waals surface area contributed by atoms with Crippen LogP contribution < -0.4 is 5.73 Å². The molecule has 86 valence electrons. The normalized spacial score (nSPS) is 20.6. The van der Waals surface area contributed by atoms with E-state index in [1.54, 1.807) is 0 Å². The highest BCUT2D eigenvalue weighted by molar-refractivity contribution is 5.64. The van der Waals surface area contributed by atoms with Gasteiger partial charge in [-0.25, -0.2) is 0 Å². The van der Waals surface area contributed by atoms with Crippen molar-refractivity contribution in [3.8, 4) is 0 Å². The van der Waals surface area contributed by atoms with Crippen LogP contribution in [0.4, 0.5) is 0 Å². The maximum Gasteiger partial charge on any atom is 0.180 e. The molecule has 4 atom stereocenters. The molecule has 9 nitrogen and oxygen atoms in total. The highest BCUT2D eigenvalue weighted by atomic mass is 16.4. The molecule has 0 bridgehead atoms. The van der Waals surface area contributed by atoms with Crippen LogP contribution in [0.1, 0.15) is 0 Å². The first-order chi connectivity index (χ1) is 6.92. The Morgan fingerprint density at radius 2 is 2.07 bits per heavy atom. The molecule has 0 saturated heterocycles. The van der Waals surface area contributed by atoms with E-state index in [1.807, 2.05) is 0 Å². The summed E-state index contributed by atoms with van der Waals surface area (Å²) in [6.07, 6.45) is -5.69. The highest BCUT2D eigenvalue weighted by Gasteiger charge is 2.40. The lowest BCUT2D eigenvalue weighted by atomic mass is 9.98. The summed E-state index contributed by atoms with van der Waals surface area (Å²) in [7, 11) is 0. The van der Waals surface area contributed by atoms with Gasteiger partial charge in [-0.2, -0.15) is 0 Å². The van der Waals surface area contributed by atoms with Gasteiger partial charge in [-0.1, -0.05) is 5.11 Å². The van der Waals surface area contributed by atoms with Crippen LogP contribution >= 0.6 is 0 Å². The maximum atomic E-state index is 10.5. The molecule has 0 aromatic rings. The Bertz CT molecular complexity index is 268. The Kier molecular flexibility index (Phi) is 5.15. The number of rotatable bonds is 6. The summed E-state index contributed by atoms with van der Waals surface area (Å²) >= 11 is 0. The van der Waals surface area contributed by atoms with Gasteiger partial charge in [0.05, 0.1) is 6.61 Å². The fourth-order valence-corrected chi connectivity index (χ4v) is 0.822. The fourth-order valence-electron chi connectivity index (χ4n) is 0.822. The van der Waals surface area contributed by atoms with Gasteiger partial charge in [0.25, 0.3) is 0 Å². The van der Waals surface area contributed by atoms with Crippen LogP contribution in [-0.2, 0) is 4.79 Å². The van der Waals surface area contributed by atoms with Crippen LogP contribution in [-0.4, -0.2) is 57.3 Å². The highest BCUT2D eigenvalue weighted by Crippen LogP contribution is 2.13. The van der Waals surface area contributed by atoms with Gasteiger partial charge < -0.3 is 31.0 Å². The average molecular weight is 220 g/mol. The molecule has 0 aliphatic carbocycles. The molecule has 0 unspecified atom stereocenters. The molecule has 0 aliphatic heterocycles. The second-order valence-electron chi connectivity index (χ2n) is 2.88. The van der Waals surface area contributed by atoms with Gasteiger partial charge in [0.1, 0.15) is 24.6 Å². The molecule has 15 heavy (non-hydrogen) atoms. The van der Waals surface area contributed by atoms with E-state index in [2.05, 4.69) is 10.0 Å². The Hall–Kier alpha value is -1.22. The number of hydrogen-bond donors (Lipinski definition) is 5. The molecule has 0 saturated carbocycles. The second kappa shape index (κ2) is 5.61. The predicted molar refractivity (Wildman–Crippen MR) is 47.2 cm³/mol. The summed E-state index contributed by atoms with van der Waals surface area (Å²) in [5, 5.41) is 38.8. The Balaban J connectivity index is 4.86. The molecular weight excluding hydrogens is 208 g/mol. The summed E-state index contributed by atoms with van der Waals surface area (Å²) in [5.41, 5.74) is 10.8. The SMILES string of the molecule is [N-]=[N+]=N[C@](N)(C=O)[C@@H](O)[C@H](O)[C@H](O)CO. The molecule has 0 heterocycles. The Labute approximate surface area is 84.4 Å². The van der Waals surface area contributed by atoms with E-state index < -0.39 is 30.6 Å². The Morgan fingerprint density at radius 3 is 2.40 bits per heavy atom. The largest absolute Gasteiger partial charge is 0.394 e. The molecule has 0 rings (SSSR count). The molecule has 0 spiro atoms. The lowest BCUT2D eigenvalue weighted by Crippen LogP contribution is -2.58. The standard InChI is InChI=1S/C6H12N4O5/c7-6(2-12,9-10-8)5(15)4(14)3(13)1-11/h2-5,11,13-15H,1,7H2/t3-,4-,5+,6-/m1/s1. The van der Waals surface area contributed by atoms with Crippen LogP contribution in [0.15, 0.2) is 5.11 Å². The van der Waals surface area contributed by atoms with Gasteiger partial charge in [-0.15, -0.1) is 0 Å². The van der Waals surface area contributed by atoms with Gasteiger partial charge >= 0.3 is 0 Å². The van der Waals surface area contributed by atoms with E-state index in [-0.39, 0.29) is 6.29 Å². The van der Waals surface area contributed by atoms with Crippen LogP contribution in [0, 0.1) is 0 Å². The zero-order valence-electron chi connectivity index (χ0n) is 7.63. The van der Waals surface area contributed by atoms with Crippen molar-refractivity contribution in [1.82, 2.24) is 0 Å².